The van der Waals surface area contributed by atoms with E-state index in [0.29, 0.717) is 18.6 Å². The molecule has 2 amide bonds. The third-order valence-electron chi connectivity index (χ3n) is 6.94. The van der Waals surface area contributed by atoms with Crippen molar-refractivity contribution in [1.82, 2.24) is 25.3 Å². The Labute approximate surface area is 186 Å². The van der Waals surface area contributed by atoms with E-state index in [4.69, 9.17) is 9.84 Å². The van der Waals surface area contributed by atoms with Gasteiger partial charge in [0.1, 0.15) is 4.83 Å². The molecule has 2 aromatic heterocycles. The summed E-state index contributed by atoms with van der Waals surface area (Å²) in [5, 5.41) is 12.0. The van der Waals surface area contributed by atoms with E-state index in [1.54, 1.807) is 11.3 Å². The van der Waals surface area contributed by atoms with Crippen molar-refractivity contribution in [2.45, 2.75) is 63.6 Å². The molecule has 1 saturated carbocycles. The minimum Gasteiger partial charge on any atom is -0.381 e. The van der Waals surface area contributed by atoms with Crippen LogP contribution in [0.1, 0.15) is 59.9 Å². The van der Waals surface area contributed by atoms with Crippen LogP contribution in [0.3, 0.4) is 0 Å². The number of rotatable bonds is 4. The van der Waals surface area contributed by atoms with Gasteiger partial charge in [-0.2, -0.15) is 5.10 Å². The van der Waals surface area contributed by atoms with Crippen molar-refractivity contribution >= 4 is 33.4 Å². The molecule has 2 saturated heterocycles. The Kier molecular flexibility index (Phi) is 5.99. The maximum atomic E-state index is 13.0. The highest BCUT2D eigenvalue weighted by atomic mass is 32.1. The quantitative estimate of drug-likeness (QED) is 0.754. The van der Waals surface area contributed by atoms with Crippen LogP contribution in [0.2, 0.25) is 0 Å². The van der Waals surface area contributed by atoms with Gasteiger partial charge in [0, 0.05) is 43.8 Å². The van der Waals surface area contributed by atoms with Gasteiger partial charge in [-0.05, 0) is 51.5 Å². The lowest BCUT2D eigenvalue weighted by molar-refractivity contribution is -0.125. The van der Waals surface area contributed by atoms with Crippen LogP contribution in [0.5, 0.6) is 0 Å². The van der Waals surface area contributed by atoms with Crippen LogP contribution in [0.4, 0.5) is 0 Å². The predicted molar refractivity (Wildman–Crippen MR) is 120 cm³/mol. The van der Waals surface area contributed by atoms with Crippen LogP contribution >= 0.6 is 11.3 Å². The summed E-state index contributed by atoms with van der Waals surface area (Å²) in [6.07, 6.45) is 5.93. The van der Waals surface area contributed by atoms with Gasteiger partial charge in [-0.1, -0.05) is 0 Å². The van der Waals surface area contributed by atoms with Crippen molar-refractivity contribution in [2.75, 3.05) is 32.8 Å². The fourth-order valence-corrected chi connectivity index (χ4v) is 6.31. The molecule has 3 fully saturated rings. The summed E-state index contributed by atoms with van der Waals surface area (Å²) >= 11 is 1.55. The molecule has 0 aromatic carbocycles. The number of hydrogen-bond donors (Lipinski definition) is 2. The monoisotopic (exact) mass is 445 g/mol. The molecule has 0 bridgehead atoms. The van der Waals surface area contributed by atoms with E-state index >= 15 is 0 Å². The number of hydrogen-bond acceptors (Lipinski definition) is 6. The maximum absolute atomic E-state index is 13.0. The highest BCUT2D eigenvalue weighted by molar-refractivity contribution is 7.20. The third kappa shape index (κ3) is 4.36. The summed E-state index contributed by atoms with van der Waals surface area (Å²) < 4.78 is 7.61. The number of ether oxygens (including phenoxy) is 1. The fourth-order valence-electron chi connectivity index (χ4n) is 5.17. The van der Waals surface area contributed by atoms with Crippen molar-refractivity contribution in [3.8, 4) is 0 Å². The fraction of sp³-hybridized carbons (Fsp3) is 0.682. The molecular weight excluding hydrogens is 414 g/mol. The van der Waals surface area contributed by atoms with Crippen LogP contribution < -0.4 is 10.6 Å². The van der Waals surface area contributed by atoms with Gasteiger partial charge in [-0.15, -0.1) is 11.3 Å². The van der Waals surface area contributed by atoms with E-state index in [2.05, 4.69) is 20.2 Å². The van der Waals surface area contributed by atoms with Gasteiger partial charge in [0.2, 0.25) is 5.91 Å². The van der Waals surface area contributed by atoms with Gasteiger partial charge in [0.05, 0.1) is 23.2 Å². The number of nitrogens with zero attached hydrogens (tertiary/aromatic N) is 3. The summed E-state index contributed by atoms with van der Waals surface area (Å²) in [5.41, 5.74) is 0.989. The summed E-state index contributed by atoms with van der Waals surface area (Å²) in [4.78, 5) is 28.8. The highest BCUT2D eigenvalue weighted by Gasteiger charge is 2.30. The Bertz CT molecular complexity index is 956. The van der Waals surface area contributed by atoms with Crippen LogP contribution in [-0.2, 0) is 9.53 Å². The zero-order valence-electron chi connectivity index (χ0n) is 18.1. The molecule has 31 heavy (non-hydrogen) atoms. The molecule has 3 aliphatic rings. The molecule has 0 atom stereocenters. The molecule has 2 N–H and O–H groups in total. The summed E-state index contributed by atoms with van der Waals surface area (Å²) in [6.45, 7) is 5.75. The summed E-state index contributed by atoms with van der Waals surface area (Å²) in [6, 6.07) is 3.02. The van der Waals surface area contributed by atoms with E-state index in [1.165, 1.54) is 0 Å². The zero-order valence-corrected chi connectivity index (χ0v) is 18.9. The van der Waals surface area contributed by atoms with Crippen LogP contribution in [0.25, 0.3) is 10.2 Å². The number of aromatic nitrogens is 2. The second-order valence-corrected chi connectivity index (χ2v) is 10.0. The van der Waals surface area contributed by atoms with Crippen LogP contribution in [-0.4, -0.2) is 71.4 Å². The number of piperazine rings is 1. The first-order valence-corrected chi connectivity index (χ1v) is 12.3. The van der Waals surface area contributed by atoms with Crippen molar-refractivity contribution in [2.24, 2.45) is 0 Å². The van der Waals surface area contributed by atoms with E-state index in [1.807, 2.05) is 13.0 Å². The molecule has 2 aliphatic heterocycles. The minimum absolute atomic E-state index is 0.0277. The molecule has 4 heterocycles. The van der Waals surface area contributed by atoms with Crippen LogP contribution in [0, 0.1) is 6.92 Å². The Morgan fingerprint density at radius 1 is 1.19 bits per heavy atom. The summed E-state index contributed by atoms with van der Waals surface area (Å²) in [5.74, 6) is 0.154. The zero-order chi connectivity index (χ0) is 21.4. The molecule has 8 nitrogen and oxygen atoms in total. The molecule has 9 heteroatoms. The lowest BCUT2D eigenvalue weighted by Crippen LogP contribution is -2.53. The van der Waals surface area contributed by atoms with E-state index < -0.39 is 0 Å². The number of carbonyl (C=O) groups excluding carboxylic acids is 2. The molecule has 1 aliphatic carbocycles. The lowest BCUT2D eigenvalue weighted by Gasteiger charge is -2.38. The van der Waals surface area contributed by atoms with Gasteiger partial charge >= 0.3 is 0 Å². The van der Waals surface area contributed by atoms with Gasteiger partial charge in [-0.25, -0.2) is 0 Å². The smallest absolute Gasteiger partial charge is 0.261 e. The topological polar surface area (TPSA) is 88.5 Å². The second kappa shape index (κ2) is 8.88. The Morgan fingerprint density at radius 3 is 2.71 bits per heavy atom. The van der Waals surface area contributed by atoms with Gasteiger partial charge in [0.15, 0.2) is 0 Å². The van der Waals surface area contributed by atoms with Gasteiger partial charge in [-0.3, -0.25) is 19.2 Å². The molecule has 5 rings (SSSR count). The van der Waals surface area contributed by atoms with Crippen molar-refractivity contribution < 1.29 is 14.3 Å². The third-order valence-corrected chi connectivity index (χ3v) is 8.07. The van der Waals surface area contributed by atoms with Gasteiger partial charge < -0.3 is 15.4 Å². The van der Waals surface area contributed by atoms with Crippen molar-refractivity contribution in [3.05, 3.63) is 16.6 Å². The predicted octanol–water partition coefficient (Wildman–Crippen LogP) is 2.23. The van der Waals surface area contributed by atoms with Crippen molar-refractivity contribution in [1.29, 1.82) is 0 Å². The molecule has 2 aromatic rings. The Balaban J connectivity index is 1.21. The number of aryl methyl sites for hydroxylation is 1. The molecule has 168 valence electrons. The summed E-state index contributed by atoms with van der Waals surface area (Å²) in [7, 11) is 0. The standard InChI is InChI=1S/C22H31N5O3S/c1-14-18-12-19(31-22(18)27(25-14)17-6-10-30-11-7-17)21(29)24-15-2-4-16(5-3-15)26-9-8-23-20(28)13-26/h12,15-17H,2-11,13H2,1H3,(H,23,28)(H,24,29)/t15-,16+. The van der Waals surface area contributed by atoms with Crippen molar-refractivity contribution in [3.63, 3.8) is 0 Å². The molecule has 0 unspecified atom stereocenters. The Hall–Kier alpha value is -1.97. The second-order valence-electron chi connectivity index (χ2n) is 9.00. The SMILES string of the molecule is Cc1nn(C2CCOCC2)c2sc(C(=O)N[C@H]3CC[C@@H](N4CCNC(=O)C4)CC3)cc12. The lowest BCUT2D eigenvalue weighted by atomic mass is 9.89. The van der Waals surface area contributed by atoms with E-state index in [0.717, 1.165) is 85.6 Å². The van der Waals surface area contributed by atoms with E-state index in [9.17, 15) is 9.59 Å². The maximum Gasteiger partial charge on any atom is 0.261 e. The molecular formula is C22H31N5O3S. The number of carbonyl (C=O) groups is 2. The number of fused-ring (bicyclic) bond motifs is 1. The first kappa shape index (κ1) is 20.9. The van der Waals surface area contributed by atoms with Crippen LogP contribution in [0.15, 0.2) is 6.07 Å². The highest BCUT2D eigenvalue weighted by Crippen LogP contribution is 2.33. The average Bonchev–Trinajstić information content (AvgIpc) is 3.36. The molecule has 0 radical (unpaired) electrons. The first-order chi connectivity index (χ1) is 15.1. The number of thiophene rings is 1. The van der Waals surface area contributed by atoms with Gasteiger partial charge in [0.25, 0.3) is 5.91 Å². The largest absolute Gasteiger partial charge is 0.381 e. The normalized spacial score (nSPS) is 26.2. The Morgan fingerprint density at radius 2 is 1.97 bits per heavy atom. The average molecular weight is 446 g/mol. The number of amides is 2. The minimum atomic E-state index is 0.0277. The first-order valence-electron chi connectivity index (χ1n) is 11.5. The number of nitrogens with one attached hydrogen (secondary N) is 2. The van der Waals surface area contributed by atoms with E-state index in [-0.39, 0.29) is 17.9 Å². The molecule has 0 spiro atoms.